The summed E-state index contributed by atoms with van der Waals surface area (Å²) in [5, 5.41) is 14.9. The van der Waals surface area contributed by atoms with Crippen LogP contribution in [0.15, 0.2) is 57.2 Å². The maximum atomic E-state index is 13.0. The number of thiol groups is 2. The van der Waals surface area contributed by atoms with Gasteiger partial charge in [0, 0.05) is 21.8 Å². The van der Waals surface area contributed by atoms with Gasteiger partial charge in [0.2, 0.25) is 5.91 Å². The fourth-order valence-corrected chi connectivity index (χ4v) is 3.95. The summed E-state index contributed by atoms with van der Waals surface area (Å²) in [4.78, 5) is 42.7. The van der Waals surface area contributed by atoms with Crippen molar-refractivity contribution in [3.8, 4) is 0 Å². The lowest BCUT2D eigenvalue weighted by Gasteiger charge is -2.22. The van der Waals surface area contributed by atoms with Gasteiger partial charge in [-0.05, 0) is 61.7 Å². The van der Waals surface area contributed by atoms with Gasteiger partial charge in [0.1, 0.15) is 12.1 Å². The molecule has 2 amide bonds. The van der Waals surface area contributed by atoms with E-state index in [2.05, 4.69) is 40.9 Å². The Kier molecular flexibility index (Phi) is 10.9. The van der Waals surface area contributed by atoms with Gasteiger partial charge in [-0.15, -0.1) is 25.3 Å². The highest BCUT2D eigenvalue weighted by Crippen LogP contribution is 2.17. The molecule has 2 aromatic carbocycles. The van der Waals surface area contributed by atoms with Crippen molar-refractivity contribution in [1.29, 1.82) is 0 Å². The van der Waals surface area contributed by atoms with Crippen molar-refractivity contribution in [1.82, 2.24) is 10.6 Å². The molecule has 10 nitrogen and oxygen atoms in total. The summed E-state index contributed by atoms with van der Waals surface area (Å²) in [7, 11) is 0. The summed E-state index contributed by atoms with van der Waals surface area (Å²) >= 11 is 8.50. The van der Waals surface area contributed by atoms with E-state index in [1.165, 1.54) is 0 Å². The van der Waals surface area contributed by atoms with Crippen LogP contribution < -0.4 is 27.8 Å². The van der Waals surface area contributed by atoms with E-state index in [9.17, 15) is 19.5 Å². The van der Waals surface area contributed by atoms with E-state index in [0.29, 0.717) is 46.8 Å². The lowest BCUT2D eigenvalue weighted by Crippen LogP contribution is -2.52. The molecule has 0 spiro atoms. The number of nitrogens with two attached hydrogens (primary N) is 3. The Labute approximate surface area is 214 Å². The van der Waals surface area contributed by atoms with Crippen LogP contribution in [0.1, 0.15) is 35.2 Å². The molecule has 0 aromatic heterocycles. The number of amides is 2. The Balaban J connectivity index is 2.14. The van der Waals surface area contributed by atoms with Gasteiger partial charge in [0.05, 0.1) is 5.69 Å². The molecule has 12 heteroatoms. The van der Waals surface area contributed by atoms with E-state index in [1.54, 1.807) is 42.5 Å². The molecule has 0 aliphatic heterocycles. The number of hydrogen-bond donors (Lipinski definition) is 8. The first-order valence-electron chi connectivity index (χ1n) is 10.8. The lowest BCUT2D eigenvalue weighted by molar-refractivity contribution is -0.142. The van der Waals surface area contributed by atoms with Crippen LogP contribution in [0.3, 0.4) is 0 Å². The highest BCUT2D eigenvalue weighted by Gasteiger charge is 2.27. The third-order valence-electron chi connectivity index (χ3n) is 4.98. The molecule has 2 aromatic rings. The maximum Gasteiger partial charge on any atom is 0.326 e. The standard InChI is InChI=1S/C23H30N6O4S2/c24-8-2-1-3-18(28-20(30)14-10-16(34)12-17(35)11-14)21(31)29-19(22(32)33)9-13-4-6-15(7-5-13)27-23(25)26/h4-7,10-12,18-19,34-35H,1-3,8-9,24H2,(H,28,30)(H,29,31)(H,32,33)(H4,25,26,27)/t18-,19-/m0/s1. The van der Waals surface area contributed by atoms with Crippen molar-refractivity contribution >= 4 is 54.7 Å². The average molecular weight is 519 g/mol. The number of benzene rings is 2. The minimum Gasteiger partial charge on any atom is -0.480 e. The molecule has 0 bridgehead atoms. The Hall–Kier alpha value is -3.22. The van der Waals surface area contributed by atoms with Crippen LogP contribution in [0.5, 0.6) is 0 Å². The zero-order valence-electron chi connectivity index (χ0n) is 19.0. The number of unbranched alkanes of at least 4 members (excludes halogenated alkanes) is 1. The van der Waals surface area contributed by atoms with Gasteiger partial charge in [-0.3, -0.25) is 9.59 Å². The number of aliphatic imine (C=N–C) groups is 1. The highest BCUT2D eigenvalue weighted by molar-refractivity contribution is 7.81. The van der Waals surface area contributed by atoms with Crippen LogP contribution in [0.2, 0.25) is 0 Å². The molecule has 0 unspecified atom stereocenters. The minimum atomic E-state index is -1.21. The molecular weight excluding hydrogens is 488 g/mol. The van der Waals surface area contributed by atoms with Crippen molar-refractivity contribution in [3.05, 3.63) is 53.6 Å². The van der Waals surface area contributed by atoms with E-state index in [1.807, 2.05) is 0 Å². The maximum absolute atomic E-state index is 13.0. The van der Waals surface area contributed by atoms with Gasteiger partial charge in [-0.25, -0.2) is 9.79 Å². The van der Waals surface area contributed by atoms with E-state index in [0.717, 1.165) is 0 Å². The molecule has 0 aliphatic rings. The number of carboxylic acids is 1. The Morgan fingerprint density at radius 2 is 1.57 bits per heavy atom. The smallest absolute Gasteiger partial charge is 0.326 e. The molecule has 9 N–H and O–H groups in total. The number of carbonyl (C=O) groups is 3. The molecule has 0 aliphatic carbocycles. The zero-order valence-corrected chi connectivity index (χ0v) is 20.8. The predicted octanol–water partition coefficient (Wildman–Crippen LogP) is 1.21. The van der Waals surface area contributed by atoms with Gasteiger partial charge in [-0.2, -0.15) is 0 Å². The first-order chi connectivity index (χ1) is 16.6. The van der Waals surface area contributed by atoms with Gasteiger partial charge >= 0.3 is 5.97 Å². The number of guanidine groups is 1. The largest absolute Gasteiger partial charge is 0.480 e. The first kappa shape index (κ1) is 28.0. The zero-order chi connectivity index (χ0) is 26.0. The third kappa shape index (κ3) is 9.51. The van der Waals surface area contributed by atoms with Crippen molar-refractivity contribution in [2.75, 3.05) is 6.54 Å². The number of hydrogen-bond acceptors (Lipinski definition) is 7. The monoisotopic (exact) mass is 518 g/mol. The quantitative estimate of drug-likeness (QED) is 0.0897. The molecule has 0 fully saturated rings. The number of nitrogens with one attached hydrogen (secondary N) is 2. The fraction of sp³-hybridized carbons (Fsp3) is 0.304. The SMILES string of the molecule is NCCCC[C@H](NC(=O)c1cc(S)cc(S)c1)C(=O)N[C@@H](Cc1ccc(N=C(N)N)cc1)C(=O)O. The minimum absolute atomic E-state index is 0.0252. The summed E-state index contributed by atoms with van der Waals surface area (Å²) in [6.07, 6.45) is 1.54. The Morgan fingerprint density at radius 3 is 2.11 bits per heavy atom. The summed E-state index contributed by atoms with van der Waals surface area (Å²) < 4.78 is 0. The van der Waals surface area contributed by atoms with Crippen LogP contribution in [0.4, 0.5) is 5.69 Å². The average Bonchev–Trinajstić information content (AvgIpc) is 2.78. The Morgan fingerprint density at radius 1 is 0.943 bits per heavy atom. The summed E-state index contributed by atoms with van der Waals surface area (Å²) in [5.41, 5.74) is 17.7. The molecule has 35 heavy (non-hydrogen) atoms. The van der Waals surface area contributed by atoms with Crippen LogP contribution >= 0.6 is 25.3 Å². The molecule has 0 heterocycles. The second-order valence-electron chi connectivity index (χ2n) is 7.86. The molecule has 188 valence electrons. The molecule has 2 rings (SSSR count). The summed E-state index contributed by atoms with van der Waals surface area (Å²) in [6.45, 7) is 0.431. The van der Waals surface area contributed by atoms with Crippen LogP contribution in [-0.4, -0.2) is 47.5 Å². The molecular formula is C23H30N6O4S2. The first-order valence-corrected chi connectivity index (χ1v) is 11.7. The van der Waals surface area contributed by atoms with Crippen LogP contribution in [-0.2, 0) is 16.0 Å². The van der Waals surface area contributed by atoms with Crippen molar-refractivity contribution in [3.63, 3.8) is 0 Å². The molecule has 0 saturated heterocycles. The molecule has 0 saturated carbocycles. The van der Waals surface area contributed by atoms with Gasteiger partial charge in [0.15, 0.2) is 5.96 Å². The van der Waals surface area contributed by atoms with Crippen molar-refractivity contribution in [2.24, 2.45) is 22.2 Å². The van der Waals surface area contributed by atoms with Gasteiger partial charge in [-0.1, -0.05) is 12.1 Å². The van der Waals surface area contributed by atoms with Gasteiger partial charge < -0.3 is 32.9 Å². The second kappa shape index (κ2) is 13.6. The van der Waals surface area contributed by atoms with E-state index < -0.39 is 29.9 Å². The van der Waals surface area contributed by atoms with Crippen molar-refractivity contribution < 1.29 is 19.5 Å². The third-order valence-corrected chi connectivity index (χ3v) is 5.50. The summed E-state index contributed by atoms with van der Waals surface area (Å²) in [5.74, 6) is -2.40. The second-order valence-corrected chi connectivity index (χ2v) is 8.89. The Bertz CT molecular complexity index is 1050. The van der Waals surface area contributed by atoms with Crippen LogP contribution in [0.25, 0.3) is 0 Å². The predicted molar refractivity (Wildman–Crippen MR) is 140 cm³/mol. The molecule has 2 atom stereocenters. The summed E-state index contributed by atoms with van der Waals surface area (Å²) in [6, 6.07) is 9.23. The van der Waals surface area contributed by atoms with Gasteiger partial charge in [0.25, 0.3) is 5.91 Å². The van der Waals surface area contributed by atoms with Crippen LogP contribution in [0, 0.1) is 0 Å². The van der Waals surface area contributed by atoms with Crippen molar-refractivity contribution in [2.45, 2.75) is 47.6 Å². The normalized spacial score (nSPS) is 12.3. The number of aliphatic carboxylic acids is 1. The lowest BCUT2D eigenvalue weighted by atomic mass is 10.0. The van der Waals surface area contributed by atoms with E-state index in [-0.39, 0.29) is 17.9 Å². The topological polar surface area (TPSA) is 186 Å². The number of rotatable bonds is 12. The van der Waals surface area contributed by atoms with E-state index >= 15 is 0 Å². The number of carboxylic acid groups (broad SMARTS) is 1. The molecule has 0 radical (unpaired) electrons. The van der Waals surface area contributed by atoms with E-state index in [4.69, 9.17) is 17.2 Å². The highest BCUT2D eigenvalue weighted by atomic mass is 32.1. The number of carbonyl (C=O) groups excluding carboxylic acids is 2. The number of nitrogens with zero attached hydrogens (tertiary/aromatic N) is 1. The fourth-order valence-electron chi connectivity index (χ4n) is 3.29.